The second-order valence-corrected chi connectivity index (χ2v) is 12.5. The average molecular weight is 642 g/mol. The van der Waals surface area contributed by atoms with Gasteiger partial charge < -0.3 is 8.83 Å². The first-order valence-corrected chi connectivity index (χ1v) is 16.6. The molecule has 0 amide bonds. The number of fused-ring (bicyclic) bond motifs is 6. The van der Waals surface area contributed by atoms with E-state index in [4.69, 9.17) is 23.8 Å². The van der Waals surface area contributed by atoms with Crippen LogP contribution in [0.1, 0.15) is 0 Å². The monoisotopic (exact) mass is 641 g/mol. The van der Waals surface area contributed by atoms with E-state index >= 15 is 0 Å². The van der Waals surface area contributed by atoms with Crippen LogP contribution in [0.4, 0.5) is 0 Å². The predicted octanol–water partition coefficient (Wildman–Crippen LogP) is 12.0. The SMILES string of the molecule is c1ccc(-c2ccc3c(c2)oc2ccc(-c4ccc5oc6cc(-c7nc(-c8ccccc8)nc(-c8ccccc8)n7)ccc6c5c4)cc23)cc1. The van der Waals surface area contributed by atoms with Crippen LogP contribution in [-0.2, 0) is 0 Å². The van der Waals surface area contributed by atoms with E-state index in [0.717, 1.165) is 77.3 Å². The van der Waals surface area contributed by atoms with E-state index < -0.39 is 0 Å². The summed E-state index contributed by atoms with van der Waals surface area (Å²) >= 11 is 0. The minimum Gasteiger partial charge on any atom is -0.456 e. The molecule has 0 aliphatic rings. The van der Waals surface area contributed by atoms with Gasteiger partial charge in [0.05, 0.1) is 0 Å². The molecule has 10 aromatic rings. The summed E-state index contributed by atoms with van der Waals surface area (Å²) in [6.07, 6.45) is 0. The quantitative estimate of drug-likeness (QED) is 0.187. The molecule has 10 rings (SSSR count). The van der Waals surface area contributed by atoms with Crippen molar-refractivity contribution in [3.8, 4) is 56.4 Å². The molecule has 7 aromatic carbocycles. The van der Waals surface area contributed by atoms with Gasteiger partial charge in [-0.25, -0.2) is 15.0 Å². The summed E-state index contributed by atoms with van der Waals surface area (Å²) in [4.78, 5) is 14.6. The Morgan fingerprint density at radius 3 is 1.14 bits per heavy atom. The van der Waals surface area contributed by atoms with Crippen LogP contribution in [0.25, 0.3) is 100 Å². The first-order valence-electron chi connectivity index (χ1n) is 16.6. The van der Waals surface area contributed by atoms with Crippen molar-refractivity contribution >= 4 is 43.9 Å². The number of hydrogen-bond donors (Lipinski definition) is 0. The Balaban J connectivity index is 1.04. The summed E-state index contributed by atoms with van der Waals surface area (Å²) in [5.41, 5.74) is 10.6. The lowest BCUT2D eigenvalue weighted by Gasteiger charge is -2.08. The van der Waals surface area contributed by atoms with Gasteiger partial charge in [0, 0.05) is 38.2 Å². The van der Waals surface area contributed by atoms with Crippen molar-refractivity contribution in [2.24, 2.45) is 0 Å². The van der Waals surface area contributed by atoms with Gasteiger partial charge in [0.15, 0.2) is 17.5 Å². The van der Waals surface area contributed by atoms with Gasteiger partial charge in [0.1, 0.15) is 22.3 Å². The number of rotatable bonds is 5. The van der Waals surface area contributed by atoms with Crippen molar-refractivity contribution < 1.29 is 8.83 Å². The topological polar surface area (TPSA) is 65.0 Å². The molecule has 0 saturated heterocycles. The van der Waals surface area contributed by atoms with Crippen molar-refractivity contribution in [3.05, 3.63) is 164 Å². The molecule has 0 spiro atoms. The summed E-state index contributed by atoms with van der Waals surface area (Å²) in [5, 5.41) is 4.29. The number of aromatic nitrogens is 3. The van der Waals surface area contributed by atoms with Crippen LogP contribution < -0.4 is 0 Å². The van der Waals surface area contributed by atoms with Crippen LogP contribution in [-0.4, -0.2) is 15.0 Å². The van der Waals surface area contributed by atoms with Gasteiger partial charge in [-0.2, -0.15) is 0 Å². The maximum absolute atomic E-state index is 6.41. The van der Waals surface area contributed by atoms with E-state index in [-0.39, 0.29) is 0 Å². The fourth-order valence-corrected chi connectivity index (χ4v) is 6.80. The first kappa shape index (κ1) is 28.2. The van der Waals surface area contributed by atoms with Gasteiger partial charge in [-0.1, -0.05) is 115 Å². The molecule has 234 valence electrons. The van der Waals surface area contributed by atoms with Crippen molar-refractivity contribution in [2.45, 2.75) is 0 Å². The highest BCUT2D eigenvalue weighted by Gasteiger charge is 2.16. The zero-order valence-electron chi connectivity index (χ0n) is 26.7. The van der Waals surface area contributed by atoms with E-state index in [9.17, 15) is 0 Å². The van der Waals surface area contributed by atoms with Crippen LogP contribution in [0.3, 0.4) is 0 Å². The number of benzene rings is 7. The van der Waals surface area contributed by atoms with Gasteiger partial charge in [-0.05, 0) is 70.8 Å². The predicted molar refractivity (Wildman–Crippen MR) is 202 cm³/mol. The molecule has 0 radical (unpaired) electrons. The highest BCUT2D eigenvalue weighted by atomic mass is 16.3. The second-order valence-electron chi connectivity index (χ2n) is 12.5. The zero-order valence-corrected chi connectivity index (χ0v) is 26.7. The third-order valence-electron chi connectivity index (χ3n) is 9.34. The van der Waals surface area contributed by atoms with E-state index in [1.54, 1.807) is 0 Å². The average Bonchev–Trinajstić information content (AvgIpc) is 3.75. The zero-order chi connectivity index (χ0) is 33.0. The molecule has 0 atom stereocenters. The summed E-state index contributed by atoms with van der Waals surface area (Å²) in [5.74, 6) is 1.85. The molecule has 0 saturated carbocycles. The van der Waals surface area contributed by atoms with E-state index in [1.165, 1.54) is 5.56 Å². The van der Waals surface area contributed by atoms with Gasteiger partial charge in [0.2, 0.25) is 0 Å². The third kappa shape index (κ3) is 4.83. The van der Waals surface area contributed by atoms with E-state index in [1.807, 2.05) is 72.8 Å². The summed E-state index contributed by atoms with van der Waals surface area (Å²) in [6.45, 7) is 0. The first-order chi connectivity index (χ1) is 24.7. The van der Waals surface area contributed by atoms with Crippen LogP contribution in [0.2, 0.25) is 0 Å². The summed E-state index contributed by atoms with van der Waals surface area (Å²) < 4.78 is 12.7. The number of hydrogen-bond acceptors (Lipinski definition) is 5. The standard InChI is InChI=1S/C45H27N3O2/c1-4-10-28(11-5-1)33-16-20-35-37-24-31(18-22-39(37)49-41(35)26-33)32-19-23-40-38(25-32)36-21-17-34(27-42(36)50-40)45-47-43(29-12-6-2-7-13-29)46-44(48-45)30-14-8-3-9-15-30/h1-27H. The number of furan rings is 2. The van der Waals surface area contributed by atoms with Crippen molar-refractivity contribution in [3.63, 3.8) is 0 Å². The molecule has 3 heterocycles. The molecule has 3 aromatic heterocycles. The molecule has 50 heavy (non-hydrogen) atoms. The molecule has 0 aliphatic heterocycles. The van der Waals surface area contributed by atoms with E-state index in [2.05, 4.69) is 91.0 Å². The number of nitrogens with zero attached hydrogens (tertiary/aromatic N) is 3. The third-order valence-corrected chi connectivity index (χ3v) is 9.34. The largest absolute Gasteiger partial charge is 0.456 e. The van der Waals surface area contributed by atoms with Gasteiger partial charge in [0.25, 0.3) is 0 Å². The Kier molecular flexibility index (Phi) is 6.42. The lowest BCUT2D eigenvalue weighted by atomic mass is 9.99. The fourth-order valence-electron chi connectivity index (χ4n) is 6.80. The van der Waals surface area contributed by atoms with Gasteiger partial charge in [-0.15, -0.1) is 0 Å². The lowest BCUT2D eigenvalue weighted by Crippen LogP contribution is -2.00. The maximum atomic E-state index is 6.41. The van der Waals surface area contributed by atoms with Gasteiger partial charge >= 0.3 is 0 Å². The second kappa shape index (κ2) is 11.4. The van der Waals surface area contributed by atoms with Crippen molar-refractivity contribution in [1.29, 1.82) is 0 Å². The fraction of sp³-hybridized carbons (Fsp3) is 0. The molecule has 0 unspecified atom stereocenters. The highest BCUT2D eigenvalue weighted by Crippen LogP contribution is 2.38. The lowest BCUT2D eigenvalue weighted by molar-refractivity contribution is 0.668. The van der Waals surface area contributed by atoms with Crippen LogP contribution in [0.15, 0.2) is 173 Å². The molecular weight excluding hydrogens is 615 g/mol. The van der Waals surface area contributed by atoms with Crippen LogP contribution in [0.5, 0.6) is 0 Å². The van der Waals surface area contributed by atoms with Gasteiger partial charge in [-0.3, -0.25) is 0 Å². The Labute approximate surface area is 287 Å². The smallest absolute Gasteiger partial charge is 0.164 e. The summed E-state index contributed by atoms with van der Waals surface area (Å²) in [6, 6.07) is 55.9. The molecule has 0 fully saturated rings. The highest BCUT2D eigenvalue weighted by molar-refractivity contribution is 6.09. The molecule has 0 aliphatic carbocycles. The molecule has 0 N–H and O–H groups in total. The van der Waals surface area contributed by atoms with E-state index in [0.29, 0.717) is 17.5 Å². The molecule has 5 nitrogen and oxygen atoms in total. The molecule has 5 heteroatoms. The Morgan fingerprint density at radius 2 is 0.640 bits per heavy atom. The van der Waals surface area contributed by atoms with Crippen LogP contribution in [0, 0.1) is 0 Å². The Morgan fingerprint density at radius 1 is 0.260 bits per heavy atom. The Bertz CT molecular complexity index is 2800. The minimum absolute atomic E-state index is 0.595. The maximum Gasteiger partial charge on any atom is 0.164 e. The minimum atomic E-state index is 0.595. The normalized spacial score (nSPS) is 11.6. The van der Waals surface area contributed by atoms with Crippen LogP contribution >= 0.6 is 0 Å². The Hall–Kier alpha value is -6.85. The van der Waals surface area contributed by atoms with Crippen molar-refractivity contribution in [1.82, 2.24) is 15.0 Å². The molecular formula is C45H27N3O2. The summed E-state index contributed by atoms with van der Waals surface area (Å²) in [7, 11) is 0. The molecule has 0 bridgehead atoms. The van der Waals surface area contributed by atoms with Crippen molar-refractivity contribution in [2.75, 3.05) is 0 Å².